The summed E-state index contributed by atoms with van der Waals surface area (Å²) in [5.74, 6) is -0.443. The Morgan fingerprint density at radius 1 is 0.811 bits per heavy atom. The highest BCUT2D eigenvalue weighted by molar-refractivity contribution is 6.03. The van der Waals surface area contributed by atoms with E-state index in [0.29, 0.717) is 30.7 Å². The van der Waals surface area contributed by atoms with Crippen LogP contribution >= 0.6 is 0 Å². The number of rotatable bonds is 9. The van der Waals surface area contributed by atoms with Crippen molar-refractivity contribution < 1.29 is 23.4 Å². The first kappa shape index (κ1) is 24.7. The van der Waals surface area contributed by atoms with Gasteiger partial charge in [0, 0.05) is 5.69 Å². The predicted octanol–water partition coefficient (Wildman–Crippen LogP) is 6.76. The summed E-state index contributed by atoms with van der Waals surface area (Å²) < 4.78 is 32.7. The van der Waals surface area contributed by atoms with Crippen molar-refractivity contribution in [2.75, 3.05) is 4.90 Å². The molecule has 37 heavy (non-hydrogen) atoms. The number of hydrogen-bond donors (Lipinski definition) is 1. The third kappa shape index (κ3) is 5.54. The molecule has 4 aromatic rings. The van der Waals surface area contributed by atoms with Gasteiger partial charge in [-0.05, 0) is 78.1 Å². The third-order valence-corrected chi connectivity index (χ3v) is 6.79. The SMILES string of the molecule is O=C1[C@H](CCC(O)c2ccc(F)cc2)C(c2ccc(OCc3ccccc3)cc2)N1c1ccc(F)cc1. The highest BCUT2D eigenvalue weighted by Gasteiger charge is 2.48. The van der Waals surface area contributed by atoms with Crippen molar-refractivity contribution in [1.82, 2.24) is 0 Å². The van der Waals surface area contributed by atoms with Crippen molar-refractivity contribution in [1.29, 1.82) is 0 Å². The standard InChI is InChI=1S/C31H27F2NO3/c32-24-10-6-22(7-11-24)29(35)19-18-28-30(34(31(28)36)26-14-12-25(33)13-15-26)23-8-16-27(17-9-23)37-20-21-4-2-1-3-5-21/h1-17,28-30,35H,18-20H2/t28-,29?,30?/m1/s1. The summed E-state index contributed by atoms with van der Waals surface area (Å²) in [6.45, 7) is 0.452. The molecule has 0 aliphatic carbocycles. The molecule has 0 saturated carbocycles. The van der Waals surface area contributed by atoms with Crippen LogP contribution in [0.25, 0.3) is 0 Å². The van der Waals surface area contributed by atoms with Crippen LogP contribution in [0.5, 0.6) is 5.75 Å². The first-order valence-corrected chi connectivity index (χ1v) is 12.3. The summed E-state index contributed by atoms with van der Waals surface area (Å²) >= 11 is 0. The first-order chi connectivity index (χ1) is 18.0. The van der Waals surface area contributed by atoms with Gasteiger partial charge >= 0.3 is 0 Å². The molecule has 4 aromatic carbocycles. The number of halogens is 2. The van der Waals surface area contributed by atoms with Crippen LogP contribution in [-0.4, -0.2) is 11.0 Å². The van der Waals surface area contributed by atoms with Gasteiger partial charge < -0.3 is 14.7 Å². The molecule has 1 saturated heterocycles. The van der Waals surface area contributed by atoms with Crippen molar-refractivity contribution in [3.05, 3.63) is 131 Å². The highest BCUT2D eigenvalue weighted by Crippen LogP contribution is 2.46. The minimum Gasteiger partial charge on any atom is -0.489 e. The lowest BCUT2D eigenvalue weighted by molar-refractivity contribution is -0.131. The van der Waals surface area contributed by atoms with Crippen LogP contribution in [0.4, 0.5) is 14.5 Å². The lowest BCUT2D eigenvalue weighted by atomic mass is 9.78. The topological polar surface area (TPSA) is 49.8 Å². The maximum atomic E-state index is 13.5. The number of anilines is 1. The third-order valence-electron chi connectivity index (χ3n) is 6.79. The molecule has 1 N–H and O–H groups in total. The molecule has 0 spiro atoms. The van der Waals surface area contributed by atoms with E-state index in [4.69, 9.17) is 4.74 Å². The van der Waals surface area contributed by atoms with Crippen LogP contribution < -0.4 is 9.64 Å². The maximum Gasteiger partial charge on any atom is 0.233 e. The fourth-order valence-electron chi connectivity index (χ4n) is 4.79. The van der Waals surface area contributed by atoms with Gasteiger partial charge in [-0.1, -0.05) is 54.6 Å². The van der Waals surface area contributed by atoms with Crippen molar-refractivity contribution in [3.63, 3.8) is 0 Å². The second-order valence-electron chi connectivity index (χ2n) is 9.22. The van der Waals surface area contributed by atoms with Crippen LogP contribution in [0.15, 0.2) is 103 Å². The first-order valence-electron chi connectivity index (χ1n) is 12.3. The van der Waals surface area contributed by atoms with Gasteiger partial charge in [0.05, 0.1) is 18.1 Å². The Balaban J connectivity index is 1.32. The molecule has 188 valence electrons. The lowest BCUT2D eigenvalue weighted by Gasteiger charge is -2.48. The summed E-state index contributed by atoms with van der Waals surface area (Å²) in [6, 6.07) is 28.9. The van der Waals surface area contributed by atoms with E-state index in [1.54, 1.807) is 29.2 Å². The molecule has 1 aliphatic heterocycles. The van der Waals surface area contributed by atoms with Crippen molar-refractivity contribution >= 4 is 11.6 Å². The molecule has 1 amide bonds. The highest BCUT2D eigenvalue weighted by atomic mass is 19.1. The zero-order valence-electron chi connectivity index (χ0n) is 20.1. The molecule has 5 rings (SSSR count). The predicted molar refractivity (Wildman–Crippen MR) is 138 cm³/mol. The fraction of sp³-hybridized carbons (Fsp3) is 0.194. The van der Waals surface area contributed by atoms with Gasteiger partial charge in [0.15, 0.2) is 0 Å². The van der Waals surface area contributed by atoms with Gasteiger partial charge in [0.25, 0.3) is 0 Å². The molecule has 4 nitrogen and oxygen atoms in total. The average molecular weight is 500 g/mol. The molecule has 3 atom stereocenters. The molecule has 2 unspecified atom stereocenters. The van der Waals surface area contributed by atoms with Crippen molar-refractivity contribution in [2.45, 2.75) is 31.6 Å². The minimum atomic E-state index is -0.803. The number of carbonyl (C=O) groups is 1. The lowest BCUT2D eigenvalue weighted by Crippen LogP contribution is -2.55. The van der Waals surface area contributed by atoms with Crippen molar-refractivity contribution in [2.24, 2.45) is 5.92 Å². The van der Waals surface area contributed by atoms with E-state index in [1.165, 1.54) is 24.3 Å². The smallest absolute Gasteiger partial charge is 0.233 e. The number of β-lactam (4-membered cyclic amide) rings is 1. The normalized spacial score (nSPS) is 17.8. The van der Waals surface area contributed by atoms with Crippen LogP contribution in [0.1, 0.15) is 41.7 Å². The van der Waals surface area contributed by atoms with E-state index in [1.807, 2.05) is 54.6 Å². The van der Waals surface area contributed by atoms with E-state index in [2.05, 4.69) is 0 Å². The number of aliphatic hydroxyl groups excluding tert-OH is 1. The summed E-state index contributed by atoms with van der Waals surface area (Å²) in [5, 5.41) is 10.6. The van der Waals surface area contributed by atoms with Gasteiger partial charge in [-0.15, -0.1) is 0 Å². The minimum absolute atomic E-state index is 0.0766. The van der Waals surface area contributed by atoms with Gasteiger partial charge in [0.2, 0.25) is 5.91 Å². The largest absolute Gasteiger partial charge is 0.489 e. The average Bonchev–Trinajstić information content (AvgIpc) is 2.93. The van der Waals surface area contributed by atoms with Crippen LogP contribution in [0.3, 0.4) is 0 Å². The monoisotopic (exact) mass is 499 g/mol. The quantitative estimate of drug-likeness (QED) is 0.259. The molecule has 1 aliphatic rings. The molecule has 1 fully saturated rings. The van der Waals surface area contributed by atoms with Gasteiger partial charge in [-0.25, -0.2) is 8.78 Å². The number of ether oxygens (including phenoxy) is 1. The molecular formula is C31H27F2NO3. The number of benzene rings is 4. The Bertz CT molecular complexity index is 1330. The Kier molecular flexibility index (Phi) is 7.28. The van der Waals surface area contributed by atoms with E-state index in [9.17, 15) is 18.7 Å². The Morgan fingerprint density at radius 2 is 1.43 bits per heavy atom. The van der Waals surface area contributed by atoms with E-state index in [0.717, 1.165) is 16.9 Å². The number of nitrogens with zero attached hydrogens (tertiary/aromatic N) is 1. The molecule has 1 heterocycles. The van der Waals surface area contributed by atoms with Crippen LogP contribution in [0, 0.1) is 17.6 Å². The molecular weight excluding hydrogens is 472 g/mol. The van der Waals surface area contributed by atoms with Crippen LogP contribution in [0.2, 0.25) is 0 Å². The summed E-state index contributed by atoms with van der Waals surface area (Å²) in [6.07, 6.45) is 0.00255. The summed E-state index contributed by atoms with van der Waals surface area (Å²) in [4.78, 5) is 14.9. The number of amides is 1. The molecule has 0 radical (unpaired) electrons. The zero-order valence-corrected chi connectivity index (χ0v) is 20.1. The van der Waals surface area contributed by atoms with Gasteiger partial charge in [0.1, 0.15) is 24.0 Å². The Labute approximate surface area is 214 Å². The van der Waals surface area contributed by atoms with Crippen molar-refractivity contribution in [3.8, 4) is 5.75 Å². The number of carbonyl (C=O) groups excluding carboxylic acids is 1. The fourth-order valence-corrected chi connectivity index (χ4v) is 4.79. The van der Waals surface area contributed by atoms with E-state index < -0.39 is 6.10 Å². The molecule has 0 aromatic heterocycles. The summed E-state index contributed by atoms with van der Waals surface area (Å²) in [7, 11) is 0. The molecule has 0 bridgehead atoms. The van der Waals surface area contributed by atoms with E-state index >= 15 is 0 Å². The van der Waals surface area contributed by atoms with Gasteiger partial charge in [-0.3, -0.25) is 4.79 Å². The van der Waals surface area contributed by atoms with E-state index in [-0.39, 0.29) is 29.5 Å². The summed E-state index contributed by atoms with van der Waals surface area (Å²) in [5.41, 5.74) is 3.23. The number of aliphatic hydroxyl groups is 1. The Hall–Kier alpha value is -4.03. The second kappa shape index (κ2) is 10.9. The zero-order chi connectivity index (χ0) is 25.8. The Morgan fingerprint density at radius 3 is 2.08 bits per heavy atom. The van der Waals surface area contributed by atoms with Crippen LogP contribution in [-0.2, 0) is 11.4 Å². The van der Waals surface area contributed by atoms with Gasteiger partial charge in [-0.2, -0.15) is 0 Å². The number of hydrogen-bond acceptors (Lipinski definition) is 3. The second-order valence-corrected chi connectivity index (χ2v) is 9.22. The maximum absolute atomic E-state index is 13.5. The molecule has 6 heteroatoms.